The van der Waals surface area contributed by atoms with Gasteiger partial charge in [0.1, 0.15) is 0 Å². The zero-order valence-corrected chi connectivity index (χ0v) is 19.0. The summed E-state index contributed by atoms with van der Waals surface area (Å²) in [6, 6.07) is 17.8. The Morgan fingerprint density at radius 2 is 1.16 bits per heavy atom. The molecule has 0 bridgehead atoms. The van der Waals surface area contributed by atoms with Crippen LogP contribution < -0.4 is 16.6 Å². The number of benzene rings is 2. The van der Waals surface area contributed by atoms with Gasteiger partial charge in [-0.25, -0.2) is 0 Å². The summed E-state index contributed by atoms with van der Waals surface area (Å²) in [5.41, 5.74) is 0. The molecule has 0 spiro atoms. The molecule has 0 N–H and O–H groups in total. The summed E-state index contributed by atoms with van der Waals surface area (Å²) < 4.78 is 16.9. The van der Waals surface area contributed by atoms with Crippen LogP contribution in [-0.2, 0) is 0 Å². The van der Waals surface area contributed by atoms with E-state index in [1.54, 1.807) is 21.4 Å². The number of unbranched alkanes of at least 4 members (excludes halogenated alkanes) is 2. The molecule has 0 atom stereocenters. The van der Waals surface area contributed by atoms with E-state index in [0.29, 0.717) is 0 Å². The van der Waals surface area contributed by atoms with Gasteiger partial charge in [0, 0.05) is 0 Å². The van der Waals surface area contributed by atoms with Gasteiger partial charge in [-0.3, -0.25) is 0 Å². The molecule has 25 heavy (non-hydrogen) atoms. The minimum absolute atomic E-state index is 0.981. The van der Waals surface area contributed by atoms with E-state index >= 15 is 0 Å². The third kappa shape index (κ3) is 4.93. The Labute approximate surface area is 157 Å². The summed E-state index contributed by atoms with van der Waals surface area (Å²) in [4.78, 5) is 0. The molecular weight excluding hydrogens is 415 g/mol. The van der Waals surface area contributed by atoms with E-state index in [4.69, 9.17) is 9.47 Å². The predicted octanol–water partition coefficient (Wildman–Crippen LogP) is 4.87. The first-order valence-corrected chi connectivity index (χ1v) is 16.4. The zero-order valence-electron chi connectivity index (χ0n) is 16.2. The molecule has 0 aromatic heterocycles. The van der Waals surface area contributed by atoms with E-state index in [0.717, 1.165) is 11.5 Å². The molecular formula is C22H32O2Sn. The van der Waals surface area contributed by atoms with E-state index in [2.05, 4.69) is 62.4 Å². The number of hydrogen-bond donors (Lipinski definition) is 0. The Bertz CT molecular complexity index is 596. The molecule has 2 aromatic rings. The van der Waals surface area contributed by atoms with Gasteiger partial charge in [-0.15, -0.1) is 0 Å². The average molecular weight is 447 g/mol. The summed E-state index contributed by atoms with van der Waals surface area (Å²) >= 11 is -2.79. The van der Waals surface area contributed by atoms with E-state index in [-0.39, 0.29) is 0 Å². The first-order valence-electron chi connectivity index (χ1n) is 9.49. The van der Waals surface area contributed by atoms with Crippen LogP contribution in [0.15, 0.2) is 48.5 Å². The topological polar surface area (TPSA) is 18.5 Å². The molecule has 2 aromatic carbocycles. The molecule has 0 saturated heterocycles. The van der Waals surface area contributed by atoms with Gasteiger partial charge in [0.25, 0.3) is 0 Å². The molecule has 3 heteroatoms. The summed E-state index contributed by atoms with van der Waals surface area (Å²) in [5.74, 6) is 1.96. The molecule has 0 unspecified atom stereocenters. The zero-order chi connectivity index (χ0) is 18.1. The van der Waals surface area contributed by atoms with Crippen molar-refractivity contribution in [2.75, 3.05) is 14.2 Å². The number of hydrogen-bond acceptors (Lipinski definition) is 2. The summed E-state index contributed by atoms with van der Waals surface area (Å²) in [6.07, 6.45) is 5.10. The van der Waals surface area contributed by atoms with Crippen LogP contribution in [-0.4, -0.2) is 32.6 Å². The first kappa shape index (κ1) is 20.2. The quantitative estimate of drug-likeness (QED) is 0.485. The third-order valence-electron chi connectivity index (χ3n) is 5.16. The summed E-state index contributed by atoms with van der Waals surface area (Å²) in [7, 11) is 3.53. The van der Waals surface area contributed by atoms with Crippen LogP contribution in [0.1, 0.15) is 39.5 Å². The third-order valence-corrected chi connectivity index (χ3v) is 20.1. The molecule has 0 aliphatic rings. The van der Waals surface area contributed by atoms with Crippen LogP contribution in [0.4, 0.5) is 0 Å². The fourth-order valence-electron chi connectivity index (χ4n) is 3.67. The molecule has 0 fully saturated rings. The van der Waals surface area contributed by atoms with Crippen LogP contribution >= 0.6 is 0 Å². The monoisotopic (exact) mass is 448 g/mol. The SMILES string of the molecule is CCC[CH2][Sn]([CH2]CCC)([c]1cccc(OC)c1)[c]1cccc(OC)c1. The number of rotatable bonds is 10. The van der Waals surface area contributed by atoms with Crippen molar-refractivity contribution in [3.05, 3.63) is 48.5 Å². The molecule has 0 amide bonds. The molecule has 0 radical (unpaired) electrons. The van der Waals surface area contributed by atoms with Crippen molar-refractivity contribution in [2.24, 2.45) is 0 Å². The fraction of sp³-hybridized carbons (Fsp3) is 0.455. The average Bonchev–Trinajstić information content (AvgIpc) is 2.68. The Kier molecular flexibility index (Phi) is 8.14. The van der Waals surface area contributed by atoms with E-state index in [1.807, 2.05) is 0 Å². The van der Waals surface area contributed by atoms with Crippen molar-refractivity contribution in [3.63, 3.8) is 0 Å². The maximum atomic E-state index is 5.55. The molecule has 0 saturated carbocycles. The van der Waals surface area contributed by atoms with Crippen molar-refractivity contribution in [2.45, 2.75) is 48.4 Å². The van der Waals surface area contributed by atoms with E-state index in [1.165, 1.54) is 34.6 Å². The van der Waals surface area contributed by atoms with Crippen molar-refractivity contribution < 1.29 is 9.47 Å². The predicted molar refractivity (Wildman–Crippen MR) is 110 cm³/mol. The van der Waals surface area contributed by atoms with Gasteiger partial charge in [-0.05, 0) is 0 Å². The fourth-order valence-corrected chi connectivity index (χ4v) is 18.9. The van der Waals surface area contributed by atoms with E-state index in [9.17, 15) is 0 Å². The Balaban J connectivity index is 2.60. The van der Waals surface area contributed by atoms with Crippen molar-refractivity contribution in [3.8, 4) is 11.5 Å². The Morgan fingerprint density at radius 3 is 1.52 bits per heavy atom. The molecule has 136 valence electrons. The van der Waals surface area contributed by atoms with Gasteiger partial charge >= 0.3 is 158 Å². The first-order chi connectivity index (χ1) is 12.2. The second-order valence-corrected chi connectivity index (χ2v) is 19.1. The Morgan fingerprint density at radius 1 is 0.720 bits per heavy atom. The number of methoxy groups -OCH3 is 2. The van der Waals surface area contributed by atoms with Crippen LogP contribution in [0.5, 0.6) is 11.5 Å². The molecule has 0 aliphatic carbocycles. The van der Waals surface area contributed by atoms with Crippen LogP contribution in [0.3, 0.4) is 0 Å². The standard InChI is InChI=1S/2C7H7O.2C4H9.Sn/c2*1-8-7-5-3-2-4-6-7;2*1-3-4-2;/h2*2-3,5-6H,1H3;2*1,3-4H2,2H3;. The normalized spacial score (nSPS) is 11.4. The Hall–Kier alpha value is -1.16. The maximum absolute atomic E-state index is 5.55. The van der Waals surface area contributed by atoms with Gasteiger partial charge in [-0.1, -0.05) is 0 Å². The van der Waals surface area contributed by atoms with E-state index < -0.39 is 18.4 Å². The molecule has 2 rings (SSSR count). The second kappa shape index (κ2) is 10.1. The van der Waals surface area contributed by atoms with Crippen molar-refractivity contribution in [1.29, 1.82) is 0 Å². The molecule has 0 heterocycles. The molecule has 2 nitrogen and oxygen atoms in total. The summed E-state index contributed by atoms with van der Waals surface area (Å²) in [5, 5.41) is 0. The summed E-state index contributed by atoms with van der Waals surface area (Å²) in [6.45, 7) is 4.60. The molecule has 0 aliphatic heterocycles. The van der Waals surface area contributed by atoms with Gasteiger partial charge in [0.2, 0.25) is 0 Å². The van der Waals surface area contributed by atoms with Gasteiger partial charge < -0.3 is 0 Å². The van der Waals surface area contributed by atoms with Crippen molar-refractivity contribution in [1.82, 2.24) is 0 Å². The minimum atomic E-state index is -2.79. The van der Waals surface area contributed by atoms with Crippen LogP contribution in [0.25, 0.3) is 0 Å². The van der Waals surface area contributed by atoms with Gasteiger partial charge in [0.05, 0.1) is 0 Å². The van der Waals surface area contributed by atoms with Gasteiger partial charge in [0.15, 0.2) is 0 Å². The van der Waals surface area contributed by atoms with Crippen molar-refractivity contribution >= 4 is 25.5 Å². The van der Waals surface area contributed by atoms with Gasteiger partial charge in [-0.2, -0.15) is 0 Å². The van der Waals surface area contributed by atoms with Crippen LogP contribution in [0, 0.1) is 0 Å². The van der Waals surface area contributed by atoms with Crippen LogP contribution in [0.2, 0.25) is 8.87 Å². The second-order valence-electron chi connectivity index (χ2n) is 6.75. The number of ether oxygens (including phenoxy) is 2.